The molecule has 1 aromatic carbocycles. The van der Waals surface area contributed by atoms with E-state index >= 15 is 0 Å². The summed E-state index contributed by atoms with van der Waals surface area (Å²) in [6.45, 7) is 4.86. The van der Waals surface area contributed by atoms with Crippen molar-refractivity contribution in [1.82, 2.24) is 0 Å². The Bertz CT molecular complexity index is 743. The number of hydrogen-bond donors (Lipinski definition) is 0. The van der Waals surface area contributed by atoms with Crippen LogP contribution in [0, 0.1) is 11.8 Å². The molecule has 3 aliphatic rings. The zero-order valence-electron chi connectivity index (χ0n) is 14.6. The second-order valence-electron chi connectivity index (χ2n) is 6.97. The maximum Gasteiger partial charge on any atom is 0.312 e. The molecule has 5 nitrogen and oxygen atoms in total. The van der Waals surface area contributed by atoms with E-state index in [2.05, 4.69) is 6.92 Å². The summed E-state index contributed by atoms with van der Waals surface area (Å²) in [5.74, 6) is -1.38. The minimum atomic E-state index is -0.696. The molecule has 25 heavy (non-hydrogen) atoms. The highest BCUT2D eigenvalue weighted by molar-refractivity contribution is 6.03. The molecular formula is C20H23NO4. The number of ether oxygens (including phenoxy) is 2. The molecule has 0 radical (unpaired) electrons. The first-order chi connectivity index (χ1) is 12.1. The normalized spacial score (nSPS) is 32.3. The molecule has 4 rings (SSSR count). The summed E-state index contributed by atoms with van der Waals surface area (Å²) >= 11 is 0. The van der Waals surface area contributed by atoms with Gasteiger partial charge in [-0.1, -0.05) is 44.2 Å². The van der Waals surface area contributed by atoms with Gasteiger partial charge in [0.05, 0.1) is 25.2 Å². The topological polar surface area (TPSA) is 55.8 Å². The van der Waals surface area contributed by atoms with E-state index in [4.69, 9.17) is 9.47 Å². The van der Waals surface area contributed by atoms with Gasteiger partial charge in [-0.15, -0.1) is 0 Å². The Kier molecular flexibility index (Phi) is 3.91. The third-order valence-corrected chi connectivity index (χ3v) is 5.48. The lowest BCUT2D eigenvalue weighted by atomic mass is 9.77. The van der Waals surface area contributed by atoms with Crippen molar-refractivity contribution < 1.29 is 19.1 Å². The standard InChI is InChI=1S/C20H23NO4/c1-3-11-24-19(23)16-15-9-10-20(25-15)12-21(18(22)17(16)20)14-8-6-5-7-13(14)4-2/h5-10,15-17H,3-4,11-12H2,1-2H3/t15-,16-,17-,20+/m1/s1. The quantitative estimate of drug-likeness (QED) is 0.610. The minimum Gasteiger partial charge on any atom is -0.465 e. The molecule has 2 fully saturated rings. The highest BCUT2D eigenvalue weighted by Crippen LogP contribution is 2.53. The van der Waals surface area contributed by atoms with Crippen LogP contribution in [0.3, 0.4) is 0 Å². The number of para-hydroxylation sites is 1. The van der Waals surface area contributed by atoms with Crippen molar-refractivity contribution in [3.05, 3.63) is 42.0 Å². The van der Waals surface area contributed by atoms with E-state index in [1.165, 1.54) is 0 Å². The first-order valence-corrected chi connectivity index (χ1v) is 9.04. The van der Waals surface area contributed by atoms with Gasteiger partial charge in [-0.25, -0.2) is 0 Å². The number of fused-ring (bicyclic) bond motifs is 1. The number of carbonyl (C=O) groups is 2. The number of amides is 1. The average Bonchev–Trinajstić information content (AvgIpc) is 3.28. The Labute approximate surface area is 147 Å². The van der Waals surface area contributed by atoms with Crippen LogP contribution >= 0.6 is 0 Å². The van der Waals surface area contributed by atoms with Gasteiger partial charge >= 0.3 is 5.97 Å². The van der Waals surface area contributed by atoms with Crippen LogP contribution in [0.1, 0.15) is 25.8 Å². The number of carbonyl (C=O) groups excluding carboxylic acids is 2. The fraction of sp³-hybridized carbons (Fsp3) is 0.500. The molecule has 1 aromatic rings. The SMILES string of the molecule is CCCOC(=O)[C@@H]1[C@H]2C=C[C@@]3(CN(c4ccccc4CC)C(=O)[C@@H]13)O2. The summed E-state index contributed by atoms with van der Waals surface area (Å²) < 4.78 is 11.5. The molecule has 2 bridgehead atoms. The van der Waals surface area contributed by atoms with Crippen LogP contribution in [0.2, 0.25) is 0 Å². The zero-order chi connectivity index (χ0) is 17.6. The lowest BCUT2D eigenvalue weighted by Gasteiger charge is -2.23. The Morgan fingerprint density at radius 2 is 2.16 bits per heavy atom. The highest BCUT2D eigenvalue weighted by atomic mass is 16.6. The summed E-state index contributed by atoms with van der Waals surface area (Å²) in [6, 6.07) is 7.92. The Morgan fingerprint density at radius 3 is 2.92 bits per heavy atom. The highest BCUT2D eigenvalue weighted by Gasteiger charge is 2.67. The van der Waals surface area contributed by atoms with Crippen molar-refractivity contribution in [2.45, 2.75) is 38.4 Å². The van der Waals surface area contributed by atoms with Crippen LogP contribution in [0.4, 0.5) is 5.69 Å². The lowest BCUT2D eigenvalue weighted by Crippen LogP contribution is -2.40. The number of rotatable bonds is 5. The van der Waals surface area contributed by atoms with Crippen molar-refractivity contribution >= 4 is 17.6 Å². The van der Waals surface area contributed by atoms with Crippen LogP contribution in [0.25, 0.3) is 0 Å². The number of nitrogens with zero attached hydrogens (tertiary/aromatic N) is 1. The van der Waals surface area contributed by atoms with Gasteiger partial charge in [0.15, 0.2) is 0 Å². The summed E-state index contributed by atoms with van der Waals surface area (Å²) in [4.78, 5) is 27.6. The largest absolute Gasteiger partial charge is 0.465 e. The van der Waals surface area contributed by atoms with E-state index < -0.39 is 17.4 Å². The zero-order valence-corrected chi connectivity index (χ0v) is 14.6. The molecule has 0 unspecified atom stereocenters. The monoisotopic (exact) mass is 341 g/mol. The van der Waals surface area contributed by atoms with E-state index in [-0.39, 0.29) is 18.0 Å². The van der Waals surface area contributed by atoms with Crippen LogP contribution in [0.15, 0.2) is 36.4 Å². The van der Waals surface area contributed by atoms with E-state index in [9.17, 15) is 9.59 Å². The summed E-state index contributed by atoms with van der Waals surface area (Å²) in [6.07, 6.45) is 5.15. The predicted octanol–water partition coefficient (Wildman–Crippen LogP) is 2.49. The first kappa shape index (κ1) is 16.3. The Morgan fingerprint density at radius 1 is 1.36 bits per heavy atom. The van der Waals surface area contributed by atoms with Crippen molar-refractivity contribution in [3.8, 4) is 0 Å². The fourth-order valence-corrected chi connectivity index (χ4v) is 4.34. The van der Waals surface area contributed by atoms with Gasteiger partial charge in [-0.2, -0.15) is 0 Å². The van der Waals surface area contributed by atoms with Gasteiger partial charge in [0.2, 0.25) is 5.91 Å². The van der Waals surface area contributed by atoms with Gasteiger partial charge < -0.3 is 14.4 Å². The summed E-state index contributed by atoms with van der Waals surface area (Å²) in [7, 11) is 0. The molecule has 0 saturated carbocycles. The Hall–Kier alpha value is -2.14. The second kappa shape index (κ2) is 5.99. The average molecular weight is 341 g/mol. The number of benzene rings is 1. The smallest absolute Gasteiger partial charge is 0.312 e. The van der Waals surface area contributed by atoms with Gasteiger partial charge in [0, 0.05) is 5.69 Å². The predicted molar refractivity (Wildman–Crippen MR) is 93.1 cm³/mol. The van der Waals surface area contributed by atoms with Gasteiger partial charge in [0.25, 0.3) is 0 Å². The van der Waals surface area contributed by atoms with Gasteiger partial charge in [0.1, 0.15) is 11.5 Å². The maximum absolute atomic E-state index is 13.2. The Balaban J connectivity index is 1.67. The first-order valence-electron chi connectivity index (χ1n) is 9.04. The number of anilines is 1. The van der Waals surface area contributed by atoms with Crippen LogP contribution in [0.5, 0.6) is 0 Å². The third-order valence-electron chi connectivity index (χ3n) is 5.48. The molecule has 4 atom stereocenters. The van der Waals surface area contributed by atoms with Crippen molar-refractivity contribution in [2.24, 2.45) is 11.8 Å². The molecule has 0 aromatic heterocycles. The van der Waals surface area contributed by atoms with E-state index in [1.54, 1.807) is 4.90 Å². The molecule has 0 N–H and O–H groups in total. The maximum atomic E-state index is 13.2. The molecule has 1 spiro atoms. The molecular weight excluding hydrogens is 318 g/mol. The van der Waals surface area contributed by atoms with Crippen LogP contribution < -0.4 is 4.90 Å². The molecule has 3 aliphatic heterocycles. The number of hydrogen-bond acceptors (Lipinski definition) is 4. The molecule has 5 heteroatoms. The van der Waals surface area contributed by atoms with Crippen LogP contribution in [-0.2, 0) is 25.5 Å². The summed E-state index contributed by atoms with van der Waals surface area (Å²) in [5.41, 5.74) is 1.34. The van der Waals surface area contributed by atoms with Crippen molar-refractivity contribution in [3.63, 3.8) is 0 Å². The number of aryl methyl sites for hydroxylation is 1. The molecule has 0 aliphatic carbocycles. The van der Waals surface area contributed by atoms with Crippen molar-refractivity contribution in [1.29, 1.82) is 0 Å². The fourth-order valence-electron chi connectivity index (χ4n) is 4.34. The second-order valence-corrected chi connectivity index (χ2v) is 6.97. The lowest BCUT2D eigenvalue weighted by molar-refractivity contribution is -0.152. The third kappa shape index (κ3) is 2.33. The van der Waals surface area contributed by atoms with Crippen LogP contribution in [-0.4, -0.2) is 36.7 Å². The van der Waals surface area contributed by atoms with Crippen molar-refractivity contribution in [2.75, 3.05) is 18.1 Å². The van der Waals surface area contributed by atoms with E-state index in [1.807, 2.05) is 43.3 Å². The molecule has 3 heterocycles. The molecule has 132 valence electrons. The van der Waals surface area contributed by atoms with Gasteiger partial charge in [-0.3, -0.25) is 9.59 Å². The van der Waals surface area contributed by atoms with Gasteiger partial charge in [-0.05, 0) is 24.5 Å². The van der Waals surface area contributed by atoms with E-state index in [0.29, 0.717) is 13.2 Å². The molecule has 1 amide bonds. The molecule has 2 saturated heterocycles. The van der Waals surface area contributed by atoms with E-state index in [0.717, 1.165) is 24.1 Å². The number of esters is 1. The minimum absolute atomic E-state index is 0.0359. The summed E-state index contributed by atoms with van der Waals surface area (Å²) in [5, 5.41) is 0.